The van der Waals surface area contributed by atoms with E-state index in [0.717, 1.165) is 4.88 Å². The van der Waals surface area contributed by atoms with E-state index in [0.29, 0.717) is 17.2 Å². The highest BCUT2D eigenvalue weighted by Crippen LogP contribution is 2.23. The summed E-state index contributed by atoms with van der Waals surface area (Å²) >= 11 is 7.08. The van der Waals surface area contributed by atoms with E-state index in [1.165, 1.54) is 11.3 Å². The van der Waals surface area contributed by atoms with Crippen molar-refractivity contribution in [3.8, 4) is 0 Å². The highest BCUT2D eigenvalue weighted by Gasteiger charge is 2.11. The summed E-state index contributed by atoms with van der Waals surface area (Å²) in [4.78, 5) is 0.832. The molecule has 6 heteroatoms. The van der Waals surface area contributed by atoms with Gasteiger partial charge in [0.25, 0.3) is 0 Å². The molecule has 0 atom stereocenters. The second kappa shape index (κ2) is 4.98. The Morgan fingerprint density at radius 1 is 1.12 bits per heavy atom. The van der Waals surface area contributed by atoms with Crippen LogP contribution in [0.25, 0.3) is 0 Å². The quantitative estimate of drug-likeness (QED) is 0.875. The fraction of sp³-hybridized carbons (Fsp3) is 0.0909. The van der Waals surface area contributed by atoms with Gasteiger partial charge in [0.2, 0.25) is 0 Å². The van der Waals surface area contributed by atoms with Crippen molar-refractivity contribution < 1.29 is 13.2 Å². The summed E-state index contributed by atoms with van der Waals surface area (Å²) in [5.41, 5.74) is -0.337. The standard InChI is InChI=1S/C11H7ClF3NS/c12-6-1-8(17-5-6)4-16-11-9(14)2-7(13)3-10(11)15/h1-3,5,16H,4H2. The van der Waals surface area contributed by atoms with Crippen LogP contribution in [0.1, 0.15) is 4.88 Å². The number of halogens is 4. The number of rotatable bonds is 3. The topological polar surface area (TPSA) is 12.0 Å². The van der Waals surface area contributed by atoms with Crippen LogP contribution in [0.4, 0.5) is 18.9 Å². The molecule has 0 amide bonds. The van der Waals surface area contributed by atoms with Crippen LogP contribution >= 0.6 is 22.9 Å². The fourth-order valence-corrected chi connectivity index (χ4v) is 2.35. The molecular formula is C11H7ClF3NS. The minimum Gasteiger partial charge on any atom is -0.375 e. The van der Waals surface area contributed by atoms with Crippen LogP contribution in [0.3, 0.4) is 0 Å². The second-order valence-electron chi connectivity index (χ2n) is 3.33. The van der Waals surface area contributed by atoms with Gasteiger partial charge in [-0.3, -0.25) is 0 Å². The van der Waals surface area contributed by atoms with Crippen molar-refractivity contribution in [3.63, 3.8) is 0 Å². The molecule has 1 aromatic carbocycles. The van der Waals surface area contributed by atoms with E-state index < -0.39 is 17.5 Å². The zero-order valence-electron chi connectivity index (χ0n) is 8.44. The lowest BCUT2D eigenvalue weighted by atomic mass is 10.2. The van der Waals surface area contributed by atoms with Gasteiger partial charge in [0.1, 0.15) is 11.5 Å². The summed E-state index contributed by atoms with van der Waals surface area (Å²) in [6.45, 7) is 0.233. The Kier molecular flexibility index (Phi) is 3.59. The van der Waals surface area contributed by atoms with Gasteiger partial charge in [0, 0.05) is 28.9 Å². The number of hydrogen-bond donors (Lipinski definition) is 1. The van der Waals surface area contributed by atoms with E-state index in [1.807, 2.05) is 0 Å². The van der Waals surface area contributed by atoms with Gasteiger partial charge >= 0.3 is 0 Å². The molecule has 0 saturated heterocycles. The Bertz CT molecular complexity index is 518. The minimum atomic E-state index is -0.954. The SMILES string of the molecule is Fc1cc(F)c(NCc2cc(Cl)cs2)c(F)c1. The number of benzene rings is 1. The molecule has 0 aliphatic heterocycles. The maximum Gasteiger partial charge on any atom is 0.152 e. The smallest absolute Gasteiger partial charge is 0.152 e. The highest BCUT2D eigenvalue weighted by atomic mass is 35.5. The minimum absolute atomic E-state index is 0.233. The lowest BCUT2D eigenvalue weighted by molar-refractivity contribution is 0.547. The molecule has 90 valence electrons. The first kappa shape index (κ1) is 12.3. The largest absolute Gasteiger partial charge is 0.375 e. The zero-order chi connectivity index (χ0) is 12.4. The van der Waals surface area contributed by atoms with Crippen LogP contribution in [0.15, 0.2) is 23.6 Å². The predicted molar refractivity (Wildman–Crippen MR) is 63.0 cm³/mol. The summed E-state index contributed by atoms with van der Waals surface area (Å²) < 4.78 is 39.2. The predicted octanol–water partition coefficient (Wildman–Crippen LogP) is 4.43. The van der Waals surface area contributed by atoms with Crippen molar-refractivity contribution in [2.75, 3.05) is 5.32 Å². The first-order chi connectivity index (χ1) is 8.06. The van der Waals surface area contributed by atoms with E-state index in [2.05, 4.69) is 5.32 Å². The third-order valence-corrected chi connectivity index (χ3v) is 3.35. The maximum atomic E-state index is 13.3. The van der Waals surface area contributed by atoms with Crippen molar-refractivity contribution in [1.29, 1.82) is 0 Å². The average Bonchev–Trinajstić information content (AvgIpc) is 2.62. The number of thiophene rings is 1. The number of anilines is 1. The van der Waals surface area contributed by atoms with Crippen LogP contribution in [0.5, 0.6) is 0 Å². The van der Waals surface area contributed by atoms with Gasteiger partial charge in [-0.2, -0.15) is 0 Å². The van der Waals surface area contributed by atoms with Gasteiger partial charge in [0.15, 0.2) is 11.6 Å². The summed E-state index contributed by atoms with van der Waals surface area (Å²) in [7, 11) is 0. The van der Waals surface area contributed by atoms with E-state index in [4.69, 9.17) is 11.6 Å². The van der Waals surface area contributed by atoms with Gasteiger partial charge in [-0.15, -0.1) is 11.3 Å². The number of hydrogen-bond acceptors (Lipinski definition) is 2. The Balaban J connectivity index is 2.14. The first-order valence-corrected chi connectivity index (χ1v) is 5.93. The van der Waals surface area contributed by atoms with Crippen molar-refractivity contribution in [2.24, 2.45) is 0 Å². The van der Waals surface area contributed by atoms with Crippen molar-refractivity contribution >= 4 is 28.6 Å². The normalized spacial score (nSPS) is 10.6. The summed E-state index contributed by atoms with van der Waals surface area (Å²) in [6.07, 6.45) is 0. The molecule has 1 nitrogen and oxygen atoms in total. The third kappa shape index (κ3) is 2.92. The van der Waals surface area contributed by atoms with Gasteiger partial charge < -0.3 is 5.32 Å². The Morgan fingerprint density at radius 2 is 1.76 bits per heavy atom. The molecule has 1 N–H and O–H groups in total. The van der Waals surface area contributed by atoms with E-state index in [9.17, 15) is 13.2 Å². The monoisotopic (exact) mass is 277 g/mol. The molecular weight excluding hydrogens is 271 g/mol. The van der Waals surface area contributed by atoms with Crippen LogP contribution in [-0.2, 0) is 6.54 Å². The van der Waals surface area contributed by atoms with Crippen LogP contribution in [0.2, 0.25) is 5.02 Å². The molecule has 0 radical (unpaired) electrons. The summed E-state index contributed by atoms with van der Waals surface area (Å²) in [6, 6.07) is 2.96. The van der Waals surface area contributed by atoms with Gasteiger partial charge in [-0.25, -0.2) is 13.2 Å². The summed E-state index contributed by atoms with van der Waals surface area (Å²) in [5.74, 6) is -2.85. The molecule has 0 aliphatic carbocycles. The Hall–Kier alpha value is -1.20. The molecule has 1 heterocycles. The lowest BCUT2D eigenvalue weighted by Crippen LogP contribution is -2.03. The molecule has 2 rings (SSSR count). The molecule has 0 spiro atoms. The molecule has 0 saturated carbocycles. The van der Waals surface area contributed by atoms with Gasteiger partial charge in [-0.1, -0.05) is 11.6 Å². The van der Waals surface area contributed by atoms with Crippen LogP contribution < -0.4 is 5.32 Å². The van der Waals surface area contributed by atoms with Crippen LogP contribution in [0, 0.1) is 17.5 Å². The van der Waals surface area contributed by atoms with Gasteiger partial charge in [0.05, 0.1) is 5.02 Å². The van der Waals surface area contributed by atoms with Crippen molar-refractivity contribution in [1.82, 2.24) is 0 Å². The van der Waals surface area contributed by atoms with Gasteiger partial charge in [-0.05, 0) is 6.07 Å². The highest BCUT2D eigenvalue weighted by molar-refractivity contribution is 7.10. The van der Waals surface area contributed by atoms with Crippen molar-refractivity contribution in [2.45, 2.75) is 6.54 Å². The molecule has 0 aliphatic rings. The van der Waals surface area contributed by atoms with E-state index >= 15 is 0 Å². The zero-order valence-corrected chi connectivity index (χ0v) is 10.0. The summed E-state index contributed by atoms with van der Waals surface area (Å²) in [5, 5.41) is 4.87. The second-order valence-corrected chi connectivity index (χ2v) is 4.76. The lowest BCUT2D eigenvalue weighted by Gasteiger charge is -2.07. The molecule has 1 aromatic heterocycles. The molecule has 2 aromatic rings. The first-order valence-electron chi connectivity index (χ1n) is 4.67. The maximum absolute atomic E-state index is 13.3. The fourth-order valence-electron chi connectivity index (χ4n) is 1.33. The molecule has 0 unspecified atom stereocenters. The average molecular weight is 278 g/mol. The molecule has 0 fully saturated rings. The number of nitrogens with one attached hydrogen (secondary N) is 1. The van der Waals surface area contributed by atoms with Crippen molar-refractivity contribution in [3.05, 3.63) is 50.9 Å². The van der Waals surface area contributed by atoms with E-state index in [-0.39, 0.29) is 12.2 Å². The molecule has 17 heavy (non-hydrogen) atoms. The Labute approximate surface area is 105 Å². The third-order valence-electron chi connectivity index (χ3n) is 2.07. The Morgan fingerprint density at radius 3 is 2.29 bits per heavy atom. The van der Waals surface area contributed by atoms with E-state index in [1.54, 1.807) is 11.4 Å². The van der Waals surface area contributed by atoms with Crippen LogP contribution in [-0.4, -0.2) is 0 Å². The molecule has 0 bridgehead atoms.